The number of carbonyl (C=O) groups is 1. The van der Waals surface area contributed by atoms with Gasteiger partial charge in [0.2, 0.25) is 0 Å². The van der Waals surface area contributed by atoms with Gasteiger partial charge in [0.05, 0.1) is 6.42 Å². The minimum absolute atomic E-state index is 0.178. The molecule has 2 nitrogen and oxygen atoms in total. The average molecular weight is 293 g/mol. The lowest BCUT2D eigenvalue weighted by Crippen LogP contribution is -1.95. The molecule has 0 aliphatic carbocycles. The summed E-state index contributed by atoms with van der Waals surface area (Å²) in [5, 5.41) is 9.32. The first-order chi connectivity index (χ1) is 9.16. The number of aliphatic carboxylic acids is 1. The van der Waals surface area contributed by atoms with Gasteiger partial charge in [-0.3, -0.25) is 4.79 Å². The molecule has 98 valence electrons. The summed E-state index contributed by atoms with van der Waals surface area (Å²) in [7, 11) is 0. The Morgan fingerprint density at radius 1 is 1.11 bits per heavy atom. The van der Waals surface area contributed by atoms with Gasteiger partial charge >= 0.3 is 5.97 Å². The van der Waals surface area contributed by atoms with E-state index in [1.165, 1.54) is 0 Å². The fourth-order valence-electron chi connectivity index (χ4n) is 1.68. The molecule has 0 saturated heterocycles. The monoisotopic (exact) mass is 292 g/mol. The number of benzene rings is 2. The van der Waals surface area contributed by atoms with Crippen molar-refractivity contribution in [2.75, 3.05) is 5.75 Å². The molecule has 0 spiro atoms. The molecule has 0 radical (unpaired) electrons. The molecule has 2 rings (SSSR count). The molecule has 0 unspecified atom stereocenters. The molecule has 19 heavy (non-hydrogen) atoms. The third-order valence-electron chi connectivity index (χ3n) is 2.62. The molecule has 2 aromatic rings. The Bertz CT molecular complexity index is 567. The van der Waals surface area contributed by atoms with Crippen LogP contribution in [-0.2, 0) is 4.79 Å². The maximum atomic E-state index is 10.4. The second kappa shape index (κ2) is 6.64. The van der Waals surface area contributed by atoms with Crippen LogP contribution in [0.4, 0.5) is 0 Å². The number of thioether (sulfide) groups is 1. The van der Waals surface area contributed by atoms with Crippen LogP contribution in [0.15, 0.2) is 53.4 Å². The van der Waals surface area contributed by atoms with Crippen LogP contribution in [0.1, 0.15) is 6.42 Å². The SMILES string of the molecule is O=C(O)CCSc1ccc(-c2ccccc2Cl)cc1. The second-order valence-electron chi connectivity index (χ2n) is 4.00. The smallest absolute Gasteiger partial charge is 0.304 e. The van der Waals surface area contributed by atoms with Crippen LogP contribution in [0, 0.1) is 0 Å². The lowest BCUT2D eigenvalue weighted by molar-refractivity contribution is -0.136. The highest BCUT2D eigenvalue weighted by Crippen LogP contribution is 2.29. The maximum absolute atomic E-state index is 10.4. The van der Waals surface area contributed by atoms with Crippen LogP contribution >= 0.6 is 23.4 Å². The van der Waals surface area contributed by atoms with Crippen LogP contribution < -0.4 is 0 Å². The molecule has 2 aromatic carbocycles. The third kappa shape index (κ3) is 4.01. The Morgan fingerprint density at radius 2 is 1.79 bits per heavy atom. The zero-order valence-corrected chi connectivity index (χ0v) is 11.7. The van der Waals surface area contributed by atoms with Gasteiger partial charge < -0.3 is 5.11 Å². The lowest BCUT2D eigenvalue weighted by atomic mass is 10.1. The third-order valence-corrected chi connectivity index (χ3v) is 3.97. The molecule has 0 fully saturated rings. The second-order valence-corrected chi connectivity index (χ2v) is 5.57. The van der Waals surface area contributed by atoms with Crippen molar-refractivity contribution in [1.82, 2.24) is 0 Å². The highest BCUT2D eigenvalue weighted by Gasteiger charge is 2.03. The topological polar surface area (TPSA) is 37.3 Å². The van der Waals surface area contributed by atoms with Crippen LogP contribution in [0.25, 0.3) is 11.1 Å². The summed E-state index contributed by atoms with van der Waals surface area (Å²) in [5.74, 6) is -0.180. The quantitative estimate of drug-likeness (QED) is 0.820. The van der Waals surface area contributed by atoms with Crippen molar-refractivity contribution in [3.63, 3.8) is 0 Å². The molecule has 0 aromatic heterocycles. The van der Waals surface area contributed by atoms with E-state index in [1.807, 2.05) is 48.5 Å². The van der Waals surface area contributed by atoms with Gasteiger partial charge in [0.1, 0.15) is 0 Å². The Labute approximate surface area is 121 Å². The summed E-state index contributed by atoms with van der Waals surface area (Å²) in [6.45, 7) is 0. The van der Waals surface area contributed by atoms with Gasteiger partial charge in [0, 0.05) is 21.2 Å². The van der Waals surface area contributed by atoms with Crippen LogP contribution in [-0.4, -0.2) is 16.8 Å². The molecule has 0 aliphatic rings. The first-order valence-corrected chi connectivity index (χ1v) is 7.23. The van der Waals surface area contributed by atoms with E-state index in [9.17, 15) is 4.79 Å². The summed E-state index contributed by atoms with van der Waals surface area (Å²) in [4.78, 5) is 11.5. The maximum Gasteiger partial charge on any atom is 0.304 e. The van der Waals surface area contributed by atoms with Crippen molar-refractivity contribution in [1.29, 1.82) is 0 Å². The van der Waals surface area contributed by atoms with E-state index in [0.717, 1.165) is 21.0 Å². The van der Waals surface area contributed by atoms with Gasteiger partial charge in [-0.15, -0.1) is 11.8 Å². The molecule has 0 atom stereocenters. The normalized spacial score (nSPS) is 10.4. The van der Waals surface area contributed by atoms with Crippen molar-refractivity contribution in [2.45, 2.75) is 11.3 Å². The number of halogens is 1. The molecule has 0 saturated carbocycles. The Hall–Kier alpha value is -1.45. The Balaban J connectivity index is 2.06. The van der Waals surface area contributed by atoms with Crippen LogP contribution in [0.5, 0.6) is 0 Å². The van der Waals surface area contributed by atoms with Crippen molar-refractivity contribution in [3.05, 3.63) is 53.6 Å². The first-order valence-electron chi connectivity index (χ1n) is 5.86. The Kier molecular flexibility index (Phi) is 4.88. The van der Waals surface area contributed by atoms with E-state index in [1.54, 1.807) is 11.8 Å². The summed E-state index contributed by atoms with van der Waals surface area (Å²) >= 11 is 7.69. The van der Waals surface area contributed by atoms with Gasteiger partial charge in [-0.25, -0.2) is 0 Å². The molecule has 1 N–H and O–H groups in total. The molecular weight excluding hydrogens is 280 g/mol. The molecule has 0 bridgehead atoms. The van der Waals surface area contributed by atoms with E-state index >= 15 is 0 Å². The van der Waals surface area contributed by atoms with Crippen LogP contribution in [0.2, 0.25) is 5.02 Å². The predicted molar refractivity (Wildman–Crippen MR) is 79.9 cm³/mol. The summed E-state index contributed by atoms with van der Waals surface area (Å²) in [5.41, 5.74) is 2.07. The van der Waals surface area contributed by atoms with Gasteiger partial charge in [0.25, 0.3) is 0 Å². The van der Waals surface area contributed by atoms with Gasteiger partial charge in [0.15, 0.2) is 0 Å². The van der Waals surface area contributed by atoms with E-state index in [0.29, 0.717) is 5.75 Å². The summed E-state index contributed by atoms with van der Waals surface area (Å²) < 4.78 is 0. The largest absolute Gasteiger partial charge is 0.481 e. The first kappa shape index (κ1) is 14.0. The van der Waals surface area contributed by atoms with Crippen molar-refractivity contribution >= 4 is 29.3 Å². The summed E-state index contributed by atoms with van der Waals surface area (Å²) in [6, 6.07) is 15.7. The highest BCUT2D eigenvalue weighted by atomic mass is 35.5. The standard InChI is InChI=1S/C15H13ClO2S/c16-14-4-2-1-3-13(14)11-5-7-12(8-6-11)19-10-9-15(17)18/h1-8H,9-10H2,(H,17,18). The zero-order valence-electron chi connectivity index (χ0n) is 10.2. The number of hydrogen-bond acceptors (Lipinski definition) is 2. The molecule has 4 heteroatoms. The average Bonchev–Trinajstić information content (AvgIpc) is 2.40. The summed E-state index contributed by atoms with van der Waals surface area (Å²) in [6.07, 6.45) is 0.178. The fourth-order valence-corrected chi connectivity index (χ4v) is 2.77. The van der Waals surface area contributed by atoms with Gasteiger partial charge in [-0.2, -0.15) is 0 Å². The highest BCUT2D eigenvalue weighted by molar-refractivity contribution is 7.99. The molecule has 0 heterocycles. The minimum atomic E-state index is -0.764. The van der Waals surface area contributed by atoms with Crippen molar-refractivity contribution in [2.24, 2.45) is 0 Å². The number of rotatable bonds is 5. The molecule has 0 aliphatic heterocycles. The minimum Gasteiger partial charge on any atom is -0.481 e. The van der Waals surface area contributed by atoms with E-state index in [4.69, 9.17) is 16.7 Å². The zero-order chi connectivity index (χ0) is 13.7. The van der Waals surface area contributed by atoms with E-state index in [-0.39, 0.29) is 6.42 Å². The number of carboxylic acid groups (broad SMARTS) is 1. The van der Waals surface area contributed by atoms with E-state index < -0.39 is 5.97 Å². The van der Waals surface area contributed by atoms with Gasteiger partial charge in [-0.05, 0) is 23.8 Å². The van der Waals surface area contributed by atoms with E-state index in [2.05, 4.69) is 0 Å². The fraction of sp³-hybridized carbons (Fsp3) is 0.133. The number of hydrogen-bond donors (Lipinski definition) is 1. The number of carboxylic acids is 1. The van der Waals surface area contributed by atoms with Gasteiger partial charge in [-0.1, -0.05) is 41.9 Å². The van der Waals surface area contributed by atoms with Crippen LogP contribution in [0.3, 0.4) is 0 Å². The molecular formula is C15H13ClO2S. The Morgan fingerprint density at radius 3 is 2.42 bits per heavy atom. The lowest BCUT2D eigenvalue weighted by Gasteiger charge is -2.05. The van der Waals surface area contributed by atoms with Crippen molar-refractivity contribution < 1.29 is 9.90 Å². The molecule has 0 amide bonds. The predicted octanol–water partition coefficient (Wildman–Crippen LogP) is 4.57. The van der Waals surface area contributed by atoms with Crippen molar-refractivity contribution in [3.8, 4) is 11.1 Å².